The SMILES string of the molecule is CCOc1ccc(CC(=O)Nc2nn(C(c3ccccc3)(c3ccccc3)c3ccccc3)c3ccc([N+](=O)[O-])cc23)cc1. The first-order valence-electron chi connectivity index (χ1n) is 14.4. The molecule has 0 unspecified atom stereocenters. The van der Waals surface area contributed by atoms with Gasteiger partial charge in [-0.15, -0.1) is 0 Å². The summed E-state index contributed by atoms with van der Waals surface area (Å²) >= 11 is 0. The molecule has 1 amide bonds. The summed E-state index contributed by atoms with van der Waals surface area (Å²) in [5, 5.41) is 20.3. The topological polar surface area (TPSA) is 99.3 Å². The van der Waals surface area contributed by atoms with E-state index in [4.69, 9.17) is 9.84 Å². The van der Waals surface area contributed by atoms with Gasteiger partial charge in [0.25, 0.3) is 5.69 Å². The van der Waals surface area contributed by atoms with Crippen LogP contribution < -0.4 is 10.1 Å². The standard InChI is InChI=1S/C36H30N4O4/c1-2-44-31-21-18-26(19-22-31)24-34(41)37-35-32-25-30(40(42)43)20-23-33(32)39(38-35)36(27-12-6-3-7-13-27,28-14-8-4-9-15-28)29-16-10-5-11-17-29/h3-23,25H,2,24H2,1H3,(H,37,38,41). The molecule has 6 rings (SSSR count). The highest BCUT2D eigenvalue weighted by molar-refractivity contribution is 6.01. The van der Waals surface area contributed by atoms with Gasteiger partial charge in [-0.25, -0.2) is 4.68 Å². The number of nitrogens with one attached hydrogen (secondary N) is 1. The summed E-state index contributed by atoms with van der Waals surface area (Å²) in [4.78, 5) is 24.8. The number of carbonyl (C=O) groups is 1. The molecule has 0 atom stereocenters. The monoisotopic (exact) mass is 582 g/mol. The number of ether oxygens (including phenoxy) is 1. The number of rotatable bonds is 10. The lowest BCUT2D eigenvalue weighted by atomic mass is 9.77. The van der Waals surface area contributed by atoms with Crippen molar-refractivity contribution in [3.8, 4) is 5.75 Å². The van der Waals surface area contributed by atoms with Crippen LogP contribution in [-0.4, -0.2) is 27.2 Å². The van der Waals surface area contributed by atoms with Crippen LogP contribution in [0.15, 0.2) is 133 Å². The summed E-state index contributed by atoms with van der Waals surface area (Å²) in [5.74, 6) is 0.677. The number of benzene rings is 5. The number of nitro groups is 1. The van der Waals surface area contributed by atoms with Gasteiger partial charge in [0.1, 0.15) is 11.3 Å². The minimum atomic E-state index is -0.976. The molecule has 0 saturated carbocycles. The first kappa shape index (κ1) is 28.4. The van der Waals surface area contributed by atoms with Gasteiger partial charge < -0.3 is 10.1 Å². The lowest BCUT2D eigenvalue weighted by Gasteiger charge is -2.37. The Balaban J connectivity index is 1.55. The average molecular weight is 583 g/mol. The Morgan fingerprint density at radius 2 is 1.36 bits per heavy atom. The van der Waals surface area contributed by atoms with Crippen LogP contribution in [-0.2, 0) is 16.8 Å². The summed E-state index contributed by atoms with van der Waals surface area (Å²) in [6, 6.07) is 42.0. The van der Waals surface area contributed by atoms with Gasteiger partial charge in [0.2, 0.25) is 5.91 Å². The van der Waals surface area contributed by atoms with E-state index < -0.39 is 10.5 Å². The zero-order valence-corrected chi connectivity index (χ0v) is 24.1. The number of hydrogen-bond acceptors (Lipinski definition) is 5. The summed E-state index contributed by atoms with van der Waals surface area (Å²) in [6.45, 7) is 2.47. The largest absolute Gasteiger partial charge is 0.494 e. The summed E-state index contributed by atoms with van der Waals surface area (Å²) in [6.07, 6.45) is 0.0941. The Morgan fingerprint density at radius 1 is 0.818 bits per heavy atom. The molecule has 0 bridgehead atoms. The number of aromatic nitrogens is 2. The minimum absolute atomic E-state index is 0.0937. The van der Waals surface area contributed by atoms with Crippen LogP contribution in [0.25, 0.3) is 10.9 Å². The molecule has 8 nitrogen and oxygen atoms in total. The van der Waals surface area contributed by atoms with E-state index in [0.717, 1.165) is 28.0 Å². The molecule has 1 aromatic heterocycles. The van der Waals surface area contributed by atoms with Crippen molar-refractivity contribution in [3.05, 3.63) is 166 Å². The first-order chi connectivity index (χ1) is 21.5. The number of fused-ring (bicyclic) bond motifs is 1. The van der Waals surface area contributed by atoms with Crippen LogP contribution >= 0.6 is 0 Å². The van der Waals surface area contributed by atoms with Gasteiger partial charge in [-0.05, 0) is 47.4 Å². The highest BCUT2D eigenvalue weighted by Crippen LogP contribution is 2.43. The second-order valence-corrected chi connectivity index (χ2v) is 10.3. The fourth-order valence-electron chi connectivity index (χ4n) is 5.70. The molecule has 218 valence electrons. The maximum Gasteiger partial charge on any atom is 0.270 e. The minimum Gasteiger partial charge on any atom is -0.494 e. The molecule has 8 heteroatoms. The number of anilines is 1. The molecule has 1 N–H and O–H groups in total. The van der Waals surface area contributed by atoms with Gasteiger partial charge in [0.05, 0.1) is 28.9 Å². The molecular formula is C36H30N4O4. The van der Waals surface area contributed by atoms with E-state index in [-0.39, 0.29) is 23.8 Å². The average Bonchev–Trinajstić information content (AvgIpc) is 3.41. The molecule has 0 fully saturated rings. The zero-order chi connectivity index (χ0) is 30.5. The van der Waals surface area contributed by atoms with Crippen molar-refractivity contribution in [2.45, 2.75) is 18.9 Å². The van der Waals surface area contributed by atoms with Crippen LogP contribution in [0.2, 0.25) is 0 Å². The van der Waals surface area contributed by atoms with Gasteiger partial charge >= 0.3 is 0 Å². The van der Waals surface area contributed by atoms with Crippen molar-refractivity contribution in [3.63, 3.8) is 0 Å². The van der Waals surface area contributed by atoms with Crippen LogP contribution in [0.1, 0.15) is 29.2 Å². The summed E-state index contributed by atoms with van der Waals surface area (Å²) < 4.78 is 7.39. The maximum atomic E-state index is 13.4. The van der Waals surface area contributed by atoms with E-state index in [2.05, 4.69) is 5.32 Å². The second kappa shape index (κ2) is 12.2. The molecule has 6 aromatic rings. The van der Waals surface area contributed by atoms with Gasteiger partial charge in [-0.1, -0.05) is 103 Å². The zero-order valence-electron chi connectivity index (χ0n) is 24.1. The molecule has 1 heterocycles. The van der Waals surface area contributed by atoms with Gasteiger partial charge in [-0.2, -0.15) is 5.10 Å². The van der Waals surface area contributed by atoms with Crippen molar-refractivity contribution in [1.82, 2.24) is 9.78 Å². The molecule has 0 saturated heterocycles. The lowest BCUT2D eigenvalue weighted by molar-refractivity contribution is -0.384. The molecule has 0 aliphatic heterocycles. The normalized spacial score (nSPS) is 11.3. The van der Waals surface area contributed by atoms with E-state index in [0.29, 0.717) is 17.5 Å². The van der Waals surface area contributed by atoms with Crippen LogP contribution in [0.4, 0.5) is 11.5 Å². The molecule has 0 aliphatic rings. The van der Waals surface area contributed by atoms with E-state index in [9.17, 15) is 14.9 Å². The quantitative estimate of drug-likeness (QED) is 0.103. The Kier molecular flexibility index (Phi) is 7.88. The lowest BCUT2D eigenvalue weighted by Crippen LogP contribution is -2.38. The number of non-ortho nitro benzene ring substituents is 1. The Hall–Kier alpha value is -5.76. The number of amides is 1. The van der Waals surface area contributed by atoms with E-state index >= 15 is 0 Å². The van der Waals surface area contributed by atoms with E-state index in [1.807, 2.05) is 127 Å². The molecular weight excluding hydrogens is 552 g/mol. The fourth-order valence-corrected chi connectivity index (χ4v) is 5.70. The maximum absolute atomic E-state index is 13.4. The number of carbonyl (C=O) groups excluding carboxylic acids is 1. The molecule has 44 heavy (non-hydrogen) atoms. The number of nitrogens with zero attached hydrogens (tertiary/aromatic N) is 3. The van der Waals surface area contributed by atoms with Crippen molar-refractivity contribution >= 4 is 28.3 Å². The first-order valence-corrected chi connectivity index (χ1v) is 14.4. The number of nitro benzene ring substituents is 1. The molecule has 0 spiro atoms. The van der Waals surface area contributed by atoms with Gasteiger partial charge in [0, 0.05) is 12.1 Å². The third-order valence-electron chi connectivity index (χ3n) is 7.62. The summed E-state index contributed by atoms with van der Waals surface area (Å²) in [7, 11) is 0. The Labute approximate surface area is 254 Å². The van der Waals surface area contributed by atoms with E-state index in [1.165, 1.54) is 12.1 Å². The van der Waals surface area contributed by atoms with Crippen molar-refractivity contribution in [2.24, 2.45) is 0 Å². The van der Waals surface area contributed by atoms with Crippen molar-refractivity contribution in [1.29, 1.82) is 0 Å². The second-order valence-electron chi connectivity index (χ2n) is 10.3. The summed E-state index contributed by atoms with van der Waals surface area (Å²) in [5.41, 5.74) is 3.17. The third kappa shape index (κ3) is 5.29. The van der Waals surface area contributed by atoms with Gasteiger partial charge in [0.15, 0.2) is 5.82 Å². The number of hydrogen-bond donors (Lipinski definition) is 1. The Bertz CT molecular complexity index is 1810. The van der Waals surface area contributed by atoms with Crippen molar-refractivity contribution in [2.75, 3.05) is 11.9 Å². The van der Waals surface area contributed by atoms with Gasteiger partial charge in [-0.3, -0.25) is 14.9 Å². The predicted molar refractivity (Wildman–Crippen MR) is 171 cm³/mol. The molecule has 0 aliphatic carbocycles. The fraction of sp³-hybridized carbons (Fsp3) is 0.111. The van der Waals surface area contributed by atoms with Crippen LogP contribution in [0, 0.1) is 10.1 Å². The van der Waals surface area contributed by atoms with Crippen molar-refractivity contribution < 1.29 is 14.5 Å². The molecule has 0 radical (unpaired) electrons. The highest BCUT2D eigenvalue weighted by atomic mass is 16.6. The Morgan fingerprint density at radius 3 is 1.86 bits per heavy atom. The van der Waals surface area contributed by atoms with Crippen LogP contribution in [0.3, 0.4) is 0 Å². The highest BCUT2D eigenvalue weighted by Gasteiger charge is 2.41. The third-order valence-corrected chi connectivity index (χ3v) is 7.62. The predicted octanol–water partition coefficient (Wildman–Crippen LogP) is 7.36. The van der Waals surface area contributed by atoms with Crippen LogP contribution in [0.5, 0.6) is 5.75 Å². The smallest absolute Gasteiger partial charge is 0.270 e. The van der Waals surface area contributed by atoms with E-state index in [1.54, 1.807) is 6.07 Å². The molecule has 5 aromatic carbocycles.